The Morgan fingerprint density at radius 3 is 2.88 bits per heavy atom. The van der Waals surface area contributed by atoms with Crippen LogP contribution in [0.1, 0.15) is 12.5 Å². The highest BCUT2D eigenvalue weighted by Gasteiger charge is 2.28. The van der Waals surface area contributed by atoms with E-state index >= 15 is 0 Å². The Kier molecular flexibility index (Phi) is 3.79. The van der Waals surface area contributed by atoms with Gasteiger partial charge in [-0.1, -0.05) is 30.7 Å². The predicted octanol–water partition coefficient (Wildman–Crippen LogP) is 2.45. The molecule has 1 aliphatic heterocycles. The second-order valence-corrected chi connectivity index (χ2v) is 4.94. The fourth-order valence-electron chi connectivity index (χ4n) is 1.96. The minimum Gasteiger partial charge on any atom is -0.316 e. The molecule has 1 N–H and O–H groups in total. The molecule has 92 valence electrons. The summed E-state index contributed by atoms with van der Waals surface area (Å²) in [5, 5.41) is 3.21. The third kappa shape index (κ3) is 2.67. The molecule has 0 radical (unpaired) electrons. The molecule has 0 bridgehead atoms. The first-order chi connectivity index (χ1) is 8.09. The van der Waals surface area contributed by atoms with Gasteiger partial charge in [-0.25, -0.2) is 4.39 Å². The van der Waals surface area contributed by atoms with Crippen LogP contribution in [0.15, 0.2) is 18.2 Å². The molecule has 17 heavy (non-hydrogen) atoms. The lowest BCUT2D eigenvalue weighted by molar-refractivity contribution is -0.123. The molecular formula is C13H15ClFNO. The molecule has 1 saturated heterocycles. The third-order valence-corrected chi connectivity index (χ3v) is 3.85. The number of carbonyl (C=O) groups is 1. The van der Waals surface area contributed by atoms with Gasteiger partial charge in [0.2, 0.25) is 0 Å². The molecule has 1 atom stereocenters. The first kappa shape index (κ1) is 12.5. The SMILES string of the molecule is CC(C(=O)Cc1cccc(F)c1Cl)C1CNC1. The number of carbonyl (C=O) groups excluding carboxylic acids is 1. The van der Waals surface area contributed by atoms with Gasteiger partial charge >= 0.3 is 0 Å². The Morgan fingerprint density at radius 1 is 1.59 bits per heavy atom. The second kappa shape index (κ2) is 5.15. The quantitative estimate of drug-likeness (QED) is 0.896. The average molecular weight is 256 g/mol. The molecule has 1 aromatic carbocycles. The number of ketones is 1. The van der Waals surface area contributed by atoms with Gasteiger partial charge in [-0.05, 0) is 30.6 Å². The van der Waals surface area contributed by atoms with Crippen molar-refractivity contribution in [2.75, 3.05) is 13.1 Å². The zero-order chi connectivity index (χ0) is 12.4. The van der Waals surface area contributed by atoms with Crippen LogP contribution >= 0.6 is 11.6 Å². The van der Waals surface area contributed by atoms with Crippen molar-refractivity contribution in [3.05, 3.63) is 34.6 Å². The highest BCUT2D eigenvalue weighted by Crippen LogP contribution is 2.23. The summed E-state index contributed by atoms with van der Waals surface area (Å²) in [4.78, 5) is 12.0. The van der Waals surface area contributed by atoms with Gasteiger partial charge in [-0.2, -0.15) is 0 Å². The van der Waals surface area contributed by atoms with E-state index in [-0.39, 0.29) is 23.1 Å². The second-order valence-electron chi connectivity index (χ2n) is 4.56. The monoisotopic (exact) mass is 255 g/mol. The molecule has 1 aliphatic rings. The largest absolute Gasteiger partial charge is 0.316 e. The molecule has 2 rings (SSSR count). The number of Topliss-reactive ketones (excluding diaryl/α,β-unsaturated/α-hetero) is 1. The van der Waals surface area contributed by atoms with Gasteiger partial charge < -0.3 is 5.32 Å². The van der Waals surface area contributed by atoms with Crippen molar-refractivity contribution < 1.29 is 9.18 Å². The Bertz CT molecular complexity index is 431. The molecule has 1 unspecified atom stereocenters. The highest BCUT2D eigenvalue weighted by molar-refractivity contribution is 6.31. The minimum atomic E-state index is -0.463. The van der Waals surface area contributed by atoms with Gasteiger partial charge in [0.1, 0.15) is 11.6 Å². The average Bonchev–Trinajstić information content (AvgIpc) is 2.22. The van der Waals surface area contributed by atoms with Crippen molar-refractivity contribution in [2.24, 2.45) is 11.8 Å². The van der Waals surface area contributed by atoms with E-state index in [1.165, 1.54) is 6.07 Å². The first-order valence-corrected chi connectivity index (χ1v) is 6.13. The maximum atomic E-state index is 13.2. The number of hydrogen-bond donors (Lipinski definition) is 1. The van der Waals surface area contributed by atoms with E-state index in [4.69, 9.17) is 11.6 Å². The molecule has 0 aliphatic carbocycles. The van der Waals surface area contributed by atoms with Crippen molar-refractivity contribution in [2.45, 2.75) is 13.3 Å². The van der Waals surface area contributed by atoms with E-state index in [2.05, 4.69) is 5.32 Å². The minimum absolute atomic E-state index is 0.00980. The lowest BCUT2D eigenvalue weighted by atomic mass is 9.84. The van der Waals surface area contributed by atoms with Crippen molar-refractivity contribution in [3.63, 3.8) is 0 Å². The summed E-state index contributed by atoms with van der Waals surface area (Å²) >= 11 is 5.83. The van der Waals surface area contributed by atoms with Crippen molar-refractivity contribution in [1.29, 1.82) is 0 Å². The van der Waals surface area contributed by atoms with Crippen molar-refractivity contribution >= 4 is 17.4 Å². The molecule has 2 nitrogen and oxygen atoms in total. The van der Waals surface area contributed by atoms with Crippen LogP contribution in [0.4, 0.5) is 4.39 Å². The maximum Gasteiger partial charge on any atom is 0.142 e. The fourth-order valence-corrected chi connectivity index (χ4v) is 2.15. The molecule has 4 heteroatoms. The van der Waals surface area contributed by atoms with Crippen LogP contribution in [0.5, 0.6) is 0 Å². The summed E-state index contributed by atoms with van der Waals surface area (Å²) in [6.07, 6.45) is 0.217. The van der Waals surface area contributed by atoms with Gasteiger partial charge in [-0.3, -0.25) is 4.79 Å². The Labute approximate surface area is 105 Å². The summed E-state index contributed by atoms with van der Waals surface area (Å²) in [6, 6.07) is 4.59. The molecule has 1 heterocycles. The summed E-state index contributed by atoms with van der Waals surface area (Å²) < 4.78 is 13.2. The van der Waals surface area contributed by atoms with Gasteiger partial charge in [0, 0.05) is 12.3 Å². The van der Waals surface area contributed by atoms with Gasteiger partial charge in [0.25, 0.3) is 0 Å². The van der Waals surface area contributed by atoms with Crippen LogP contribution in [0.2, 0.25) is 5.02 Å². The van der Waals surface area contributed by atoms with Crippen LogP contribution in [-0.4, -0.2) is 18.9 Å². The van der Waals surface area contributed by atoms with Gasteiger partial charge in [0.05, 0.1) is 5.02 Å². The highest BCUT2D eigenvalue weighted by atomic mass is 35.5. The molecule has 0 saturated carbocycles. The number of nitrogens with one attached hydrogen (secondary N) is 1. The van der Waals surface area contributed by atoms with E-state index in [1.807, 2.05) is 6.92 Å². The molecule has 0 spiro atoms. The molecule has 1 aromatic rings. The Hall–Kier alpha value is -0.930. The van der Waals surface area contributed by atoms with Crippen LogP contribution in [0, 0.1) is 17.7 Å². The van der Waals surface area contributed by atoms with E-state index in [0.717, 1.165) is 13.1 Å². The zero-order valence-electron chi connectivity index (χ0n) is 9.67. The van der Waals surface area contributed by atoms with Crippen LogP contribution in [0.25, 0.3) is 0 Å². The van der Waals surface area contributed by atoms with E-state index in [1.54, 1.807) is 12.1 Å². The Morgan fingerprint density at radius 2 is 2.29 bits per heavy atom. The smallest absolute Gasteiger partial charge is 0.142 e. The van der Waals surface area contributed by atoms with E-state index in [0.29, 0.717) is 11.5 Å². The fraction of sp³-hybridized carbons (Fsp3) is 0.462. The van der Waals surface area contributed by atoms with Crippen LogP contribution < -0.4 is 5.32 Å². The van der Waals surface area contributed by atoms with Gasteiger partial charge in [0.15, 0.2) is 0 Å². The van der Waals surface area contributed by atoms with Crippen molar-refractivity contribution in [1.82, 2.24) is 5.32 Å². The zero-order valence-corrected chi connectivity index (χ0v) is 10.4. The summed E-state index contributed by atoms with van der Waals surface area (Å²) in [5.74, 6) is 0.0874. The summed E-state index contributed by atoms with van der Waals surface area (Å²) in [7, 11) is 0. The standard InChI is InChI=1S/C13H15ClFNO/c1-8(10-6-16-7-10)12(17)5-9-3-2-4-11(15)13(9)14/h2-4,8,10,16H,5-7H2,1H3. The van der Waals surface area contributed by atoms with Gasteiger partial charge in [-0.15, -0.1) is 0 Å². The number of benzene rings is 1. The number of halogens is 2. The third-order valence-electron chi connectivity index (χ3n) is 3.42. The molecule has 0 aromatic heterocycles. The molecule has 0 amide bonds. The predicted molar refractivity (Wildman–Crippen MR) is 65.6 cm³/mol. The summed E-state index contributed by atoms with van der Waals surface area (Å²) in [6.45, 7) is 3.72. The molecular weight excluding hydrogens is 241 g/mol. The van der Waals surface area contributed by atoms with Crippen LogP contribution in [-0.2, 0) is 11.2 Å². The van der Waals surface area contributed by atoms with Crippen molar-refractivity contribution in [3.8, 4) is 0 Å². The van der Waals surface area contributed by atoms with Crippen LogP contribution in [0.3, 0.4) is 0 Å². The first-order valence-electron chi connectivity index (χ1n) is 5.76. The number of hydrogen-bond acceptors (Lipinski definition) is 2. The van der Waals surface area contributed by atoms with E-state index < -0.39 is 5.82 Å². The van der Waals surface area contributed by atoms with E-state index in [9.17, 15) is 9.18 Å². The lowest BCUT2D eigenvalue weighted by Crippen LogP contribution is -2.47. The lowest BCUT2D eigenvalue weighted by Gasteiger charge is -2.31. The topological polar surface area (TPSA) is 29.1 Å². The number of rotatable bonds is 4. The normalized spacial score (nSPS) is 17.6. The maximum absolute atomic E-state index is 13.2. The molecule has 1 fully saturated rings. The Balaban J connectivity index is 2.04. The summed E-state index contributed by atoms with van der Waals surface area (Å²) in [5.41, 5.74) is 0.579.